The van der Waals surface area contributed by atoms with Gasteiger partial charge >= 0.3 is 0 Å². The SMILES string of the molecule is COC(OCC(C)CCCNC(=O)CCOCC(COCCC(=O)NCC(C)(C)C(C)(C)COC(OC)C(NC(C)=O)[C@H](O)C=O)(COCCC(=O)NCC(C)(C)C(C)(C)COC(OC)C(NC(C)=O)[C@H](O)C=O)NC(=O)CCCC(C)=O)C(NC(C)=O)[C@H](O)C=O. The van der Waals surface area contributed by atoms with Gasteiger partial charge in [-0.2, -0.15) is 0 Å². The average molecular weight is 1320 g/mol. The first-order valence-electron chi connectivity index (χ1n) is 30.9. The van der Waals surface area contributed by atoms with Crippen LogP contribution in [-0.4, -0.2) is 243 Å². The summed E-state index contributed by atoms with van der Waals surface area (Å²) < 4.78 is 52.1. The van der Waals surface area contributed by atoms with Crippen molar-refractivity contribution in [3.63, 3.8) is 0 Å². The van der Waals surface area contributed by atoms with E-state index in [2.05, 4.69) is 37.2 Å². The summed E-state index contributed by atoms with van der Waals surface area (Å²) in [6.07, 6.45) is -6.43. The molecule has 0 aliphatic carbocycles. The Morgan fingerprint density at radius 1 is 0.446 bits per heavy atom. The molecular weight excluding hydrogens is 1210 g/mol. The number of ketones is 1. The Morgan fingerprint density at radius 2 is 0.793 bits per heavy atom. The summed E-state index contributed by atoms with van der Waals surface area (Å²) in [5, 5.41) is 49.7. The number of carbonyl (C=O) groups is 11. The first-order chi connectivity index (χ1) is 42.9. The molecule has 92 heavy (non-hydrogen) atoms. The molecule has 0 aliphatic heterocycles. The number of aliphatic hydroxyl groups excluding tert-OH is 3. The van der Waals surface area contributed by atoms with Crippen LogP contribution in [0.1, 0.15) is 141 Å². The first-order valence-corrected chi connectivity index (χ1v) is 30.9. The zero-order valence-electron chi connectivity index (χ0n) is 57.2. The summed E-state index contributed by atoms with van der Waals surface area (Å²) in [6, 6.07) is -3.52. The van der Waals surface area contributed by atoms with Crippen molar-refractivity contribution in [2.45, 2.75) is 202 Å². The third-order valence-corrected chi connectivity index (χ3v) is 16.2. The fraction of sp³-hybridized carbons (Fsp3) is 0.823. The molecule has 0 aliphatic rings. The molecule has 0 rings (SSSR count). The van der Waals surface area contributed by atoms with Gasteiger partial charge in [-0.3, -0.25) is 33.6 Å². The van der Waals surface area contributed by atoms with Gasteiger partial charge in [0.25, 0.3) is 0 Å². The van der Waals surface area contributed by atoms with Crippen LogP contribution in [0, 0.1) is 27.6 Å². The van der Waals surface area contributed by atoms with Crippen molar-refractivity contribution in [3.05, 3.63) is 0 Å². The van der Waals surface area contributed by atoms with Gasteiger partial charge in [0.15, 0.2) is 37.7 Å². The molecule has 0 heterocycles. The summed E-state index contributed by atoms with van der Waals surface area (Å²) in [6.45, 7) is 21.7. The number of amides is 7. The number of carbonyl (C=O) groups excluding carboxylic acids is 11. The molecule has 532 valence electrons. The van der Waals surface area contributed by atoms with Crippen LogP contribution in [-0.2, 0) is 95.4 Å². The van der Waals surface area contributed by atoms with Crippen LogP contribution >= 0.6 is 0 Å². The van der Waals surface area contributed by atoms with Gasteiger partial charge in [0.05, 0.1) is 59.5 Å². The lowest BCUT2D eigenvalue weighted by atomic mass is 9.68. The summed E-state index contributed by atoms with van der Waals surface area (Å²) in [4.78, 5) is 135. The Balaban J connectivity index is 6.34. The van der Waals surface area contributed by atoms with Crippen LogP contribution in [0.15, 0.2) is 0 Å². The Morgan fingerprint density at radius 3 is 1.12 bits per heavy atom. The minimum Gasteiger partial charge on any atom is -0.383 e. The van der Waals surface area contributed by atoms with Crippen molar-refractivity contribution >= 4 is 66.0 Å². The zero-order chi connectivity index (χ0) is 70.5. The van der Waals surface area contributed by atoms with Crippen LogP contribution < -0.4 is 37.2 Å². The van der Waals surface area contributed by atoms with Crippen molar-refractivity contribution in [1.29, 1.82) is 0 Å². The predicted octanol–water partition coefficient (Wildman–Crippen LogP) is -0.149. The number of hydrogen-bond donors (Lipinski definition) is 10. The predicted molar refractivity (Wildman–Crippen MR) is 334 cm³/mol. The monoisotopic (exact) mass is 1320 g/mol. The lowest BCUT2D eigenvalue weighted by Gasteiger charge is -2.42. The molecule has 0 aromatic heterocycles. The van der Waals surface area contributed by atoms with Gasteiger partial charge in [-0.05, 0) is 53.8 Å². The van der Waals surface area contributed by atoms with E-state index in [1.807, 2.05) is 62.3 Å². The van der Waals surface area contributed by atoms with Crippen LogP contribution in [0.25, 0.3) is 0 Å². The van der Waals surface area contributed by atoms with E-state index >= 15 is 0 Å². The highest BCUT2D eigenvalue weighted by molar-refractivity contribution is 5.80. The number of aliphatic hydroxyl groups is 3. The zero-order valence-corrected chi connectivity index (χ0v) is 57.2. The minimum atomic E-state index is -1.61. The van der Waals surface area contributed by atoms with Crippen molar-refractivity contribution in [1.82, 2.24) is 37.2 Å². The molecule has 0 aromatic rings. The molecule has 7 unspecified atom stereocenters. The summed E-state index contributed by atoms with van der Waals surface area (Å²) in [5.41, 5.74) is -4.10. The van der Waals surface area contributed by atoms with Crippen LogP contribution in [0.5, 0.6) is 0 Å². The van der Waals surface area contributed by atoms with E-state index in [0.29, 0.717) is 19.4 Å². The summed E-state index contributed by atoms with van der Waals surface area (Å²) >= 11 is 0. The largest absolute Gasteiger partial charge is 0.383 e. The lowest BCUT2D eigenvalue weighted by molar-refractivity contribution is -0.184. The number of aldehydes is 3. The highest BCUT2D eigenvalue weighted by Gasteiger charge is 2.42. The second kappa shape index (κ2) is 44.2. The quantitative estimate of drug-likeness (QED) is 0.0215. The van der Waals surface area contributed by atoms with E-state index in [1.165, 1.54) is 49.0 Å². The van der Waals surface area contributed by atoms with Gasteiger partial charge < -0.3 is 114 Å². The third kappa shape index (κ3) is 34.1. The fourth-order valence-electron chi connectivity index (χ4n) is 8.62. The maximum atomic E-state index is 13.7. The van der Waals surface area contributed by atoms with E-state index < -0.39 is 106 Å². The molecular formula is C62H111N7O23. The van der Waals surface area contributed by atoms with Gasteiger partial charge in [0.2, 0.25) is 41.4 Å². The van der Waals surface area contributed by atoms with Crippen molar-refractivity contribution in [2.24, 2.45) is 27.6 Å². The Kier molecular flexibility index (Phi) is 41.6. The number of nitrogens with one attached hydrogen (secondary N) is 7. The van der Waals surface area contributed by atoms with Crippen LogP contribution in [0.4, 0.5) is 0 Å². The molecule has 0 spiro atoms. The average Bonchev–Trinajstić information content (AvgIpc) is 0.839. The molecule has 30 heteroatoms. The summed E-state index contributed by atoms with van der Waals surface area (Å²) in [5.74, 6) is -3.31. The van der Waals surface area contributed by atoms with Gasteiger partial charge in [-0.15, -0.1) is 0 Å². The molecule has 0 saturated heterocycles. The lowest BCUT2D eigenvalue weighted by Crippen LogP contribution is -2.58. The van der Waals surface area contributed by atoms with E-state index in [-0.39, 0.29) is 159 Å². The highest BCUT2D eigenvalue weighted by Crippen LogP contribution is 2.40. The maximum absolute atomic E-state index is 13.7. The molecule has 10 atom stereocenters. The van der Waals surface area contributed by atoms with Gasteiger partial charge in [0.1, 0.15) is 47.8 Å². The van der Waals surface area contributed by atoms with Gasteiger partial charge in [-0.25, -0.2) is 0 Å². The fourth-order valence-corrected chi connectivity index (χ4v) is 8.62. The van der Waals surface area contributed by atoms with Crippen molar-refractivity contribution in [2.75, 3.05) is 100 Å². The molecule has 30 nitrogen and oxygen atoms in total. The molecule has 0 saturated carbocycles. The van der Waals surface area contributed by atoms with E-state index in [4.69, 9.17) is 42.6 Å². The number of rotatable bonds is 54. The number of ether oxygens (including phenoxy) is 9. The Hall–Kier alpha value is -5.51. The van der Waals surface area contributed by atoms with Crippen molar-refractivity contribution < 1.29 is 111 Å². The van der Waals surface area contributed by atoms with Crippen LogP contribution in [0.3, 0.4) is 0 Å². The number of Topliss-reactive ketones (excluding diaryl/α,β-unsaturated/α-hetero) is 1. The Labute approximate surface area is 542 Å². The highest BCUT2D eigenvalue weighted by atomic mass is 16.7. The topological polar surface area (TPSA) is 416 Å². The Bertz CT molecular complexity index is 2180. The number of methoxy groups -OCH3 is 3. The standard InChI is InChI=1S/C62H111N7O23/c1-40(32-90-55(84-14)52(45(77)29-70)66-42(3)74)19-18-25-63-48(80)22-26-87-37-62(69-51(83)21-17-20-41(2)73,38-88-27-23-49(81)64-33-58(6,7)60(10,11)35-91-56(85-15)53(46(78)30-71)67-43(4)75)39-89-28-24-50(82)65-34-59(8,9)61(12,13)36-92-57(86-16)54(47(79)31-72)68-44(5)76/h29-31,40,45-47,52-57,77-79H,17-28,32-39H2,1-16H3,(H,63,80)(H,64,81)(H,65,82)(H,66,74)(H,67,75)(H,68,76)(H,69,83)/t40?,45-,46-,47-,52?,53?,54?,55?,56?,57?,62?/m1/s1. The summed E-state index contributed by atoms with van der Waals surface area (Å²) in [7, 11) is 3.92. The van der Waals surface area contributed by atoms with E-state index in [9.17, 15) is 68.1 Å². The van der Waals surface area contributed by atoms with Gasteiger partial charge in [-0.1, -0.05) is 62.3 Å². The van der Waals surface area contributed by atoms with Crippen LogP contribution in [0.2, 0.25) is 0 Å². The molecule has 0 fully saturated rings. The smallest absolute Gasteiger partial charge is 0.222 e. The molecule has 0 bridgehead atoms. The normalized spacial score (nSPS) is 16.1. The molecule has 0 radical (unpaired) electrons. The second-order valence-corrected chi connectivity index (χ2v) is 25.8. The maximum Gasteiger partial charge on any atom is 0.222 e. The first kappa shape index (κ1) is 86.5. The van der Waals surface area contributed by atoms with Gasteiger partial charge in [0, 0.05) is 93.8 Å². The van der Waals surface area contributed by atoms with E-state index in [1.54, 1.807) is 0 Å². The third-order valence-electron chi connectivity index (χ3n) is 16.2. The molecule has 7 amide bonds. The molecule has 10 N–H and O–H groups in total. The minimum absolute atomic E-state index is 0.0177. The van der Waals surface area contributed by atoms with E-state index in [0.717, 1.165) is 0 Å². The van der Waals surface area contributed by atoms with Crippen molar-refractivity contribution in [3.8, 4) is 0 Å². The molecule has 0 aromatic carbocycles. The second-order valence-electron chi connectivity index (χ2n) is 25.8. The number of hydrogen-bond acceptors (Lipinski definition) is 23.